The van der Waals surface area contributed by atoms with E-state index in [0.717, 1.165) is 11.1 Å². The van der Waals surface area contributed by atoms with Crippen LogP contribution in [0.15, 0.2) is 54.6 Å². The highest BCUT2D eigenvalue weighted by Gasteiger charge is 2.14. The van der Waals surface area contributed by atoms with Crippen molar-refractivity contribution in [1.29, 1.82) is 5.26 Å². The predicted molar refractivity (Wildman–Crippen MR) is 93.5 cm³/mol. The summed E-state index contributed by atoms with van der Waals surface area (Å²) in [5.74, 6) is 0. The zero-order valence-corrected chi connectivity index (χ0v) is 13.7. The normalized spacial score (nSPS) is 10.0. The number of rotatable bonds is 7. The third-order valence-electron chi connectivity index (χ3n) is 3.56. The summed E-state index contributed by atoms with van der Waals surface area (Å²) in [6, 6.07) is 19.1. The Morgan fingerprint density at radius 2 is 1.83 bits per heavy atom. The van der Waals surface area contributed by atoms with E-state index >= 15 is 0 Å². The molecule has 0 atom stereocenters. The molecule has 0 heterocycles. The van der Waals surface area contributed by atoms with Crippen molar-refractivity contribution in [2.45, 2.75) is 13.0 Å². The van der Waals surface area contributed by atoms with E-state index < -0.39 is 0 Å². The Bertz CT molecular complexity index is 678. The zero-order chi connectivity index (χ0) is 17.2. The number of methoxy groups -OCH3 is 1. The molecule has 124 valence electrons. The number of hydrogen-bond donors (Lipinski definition) is 1. The van der Waals surface area contributed by atoms with E-state index in [1.807, 2.05) is 54.6 Å². The van der Waals surface area contributed by atoms with Gasteiger partial charge in [-0.15, -0.1) is 0 Å². The van der Waals surface area contributed by atoms with E-state index in [1.165, 1.54) is 0 Å². The van der Waals surface area contributed by atoms with Crippen LogP contribution in [-0.2, 0) is 17.7 Å². The molecular weight excluding hydrogens is 302 g/mol. The maximum Gasteiger partial charge on any atom is 0.322 e. The molecular formula is C19H21N3O2. The number of carbonyl (C=O) groups is 1. The summed E-state index contributed by atoms with van der Waals surface area (Å²) in [6.45, 7) is 1.49. The van der Waals surface area contributed by atoms with Gasteiger partial charge >= 0.3 is 6.03 Å². The summed E-state index contributed by atoms with van der Waals surface area (Å²) in [6.07, 6.45) is 0.363. The molecule has 0 spiro atoms. The highest BCUT2D eigenvalue weighted by Crippen LogP contribution is 2.12. The van der Waals surface area contributed by atoms with Gasteiger partial charge < -0.3 is 15.0 Å². The molecule has 0 aromatic heterocycles. The Labute approximate surface area is 142 Å². The third-order valence-corrected chi connectivity index (χ3v) is 3.56. The van der Waals surface area contributed by atoms with Crippen molar-refractivity contribution in [2.75, 3.05) is 25.6 Å². The summed E-state index contributed by atoms with van der Waals surface area (Å²) in [4.78, 5) is 14.3. The molecule has 0 unspecified atom stereocenters. The molecule has 5 nitrogen and oxygen atoms in total. The number of hydrogen-bond acceptors (Lipinski definition) is 3. The molecule has 2 rings (SSSR count). The minimum atomic E-state index is -0.177. The predicted octanol–water partition coefficient (Wildman–Crippen LogP) is 3.43. The van der Waals surface area contributed by atoms with Crippen molar-refractivity contribution in [3.63, 3.8) is 0 Å². The van der Waals surface area contributed by atoms with Crippen molar-refractivity contribution in [1.82, 2.24) is 4.90 Å². The molecule has 0 saturated carbocycles. The highest BCUT2D eigenvalue weighted by atomic mass is 16.5. The van der Waals surface area contributed by atoms with E-state index in [1.54, 1.807) is 12.0 Å². The average molecular weight is 323 g/mol. The number of urea groups is 1. The van der Waals surface area contributed by atoms with Gasteiger partial charge in [-0.3, -0.25) is 0 Å². The van der Waals surface area contributed by atoms with E-state index in [9.17, 15) is 4.79 Å². The highest BCUT2D eigenvalue weighted by molar-refractivity contribution is 5.89. The first-order chi connectivity index (χ1) is 11.7. The number of amides is 2. The maximum atomic E-state index is 12.5. The van der Waals surface area contributed by atoms with Gasteiger partial charge in [0, 0.05) is 25.9 Å². The SMILES string of the molecule is COCCN(Cc1ccccc1)C(=O)Nc1ccc(CC#N)cc1. The molecule has 0 bridgehead atoms. The van der Waals surface area contributed by atoms with Gasteiger partial charge in [-0.2, -0.15) is 5.26 Å². The smallest absolute Gasteiger partial charge is 0.322 e. The zero-order valence-electron chi connectivity index (χ0n) is 13.7. The summed E-state index contributed by atoms with van der Waals surface area (Å²) < 4.78 is 5.10. The first-order valence-electron chi connectivity index (χ1n) is 7.77. The van der Waals surface area contributed by atoms with Gasteiger partial charge in [-0.25, -0.2) is 4.79 Å². The van der Waals surface area contributed by atoms with Gasteiger partial charge in [0.1, 0.15) is 0 Å². The van der Waals surface area contributed by atoms with Crippen LogP contribution in [0.5, 0.6) is 0 Å². The fraction of sp³-hybridized carbons (Fsp3) is 0.263. The lowest BCUT2D eigenvalue weighted by atomic mass is 10.1. The second kappa shape index (κ2) is 9.33. The summed E-state index contributed by atoms with van der Waals surface area (Å²) in [5, 5.41) is 11.6. The minimum Gasteiger partial charge on any atom is -0.383 e. The van der Waals surface area contributed by atoms with Gasteiger partial charge in [0.25, 0.3) is 0 Å². The average Bonchev–Trinajstić information content (AvgIpc) is 2.61. The third kappa shape index (κ3) is 5.41. The molecule has 2 amide bonds. The van der Waals surface area contributed by atoms with Crippen molar-refractivity contribution in [3.05, 3.63) is 65.7 Å². The van der Waals surface area contributed by atoms with Crippen LogP contribution in [0.3, 0.4) is 0 Å². The molecule has 5 heteroatoms. The fourth-order valence-corrected chi connectivity index (χ4v) is 2.26. The number of benzene rings is 2. The molecule has 0 aliphatic heterocycles. The molecule has 0 aliphatic carbocycles. The topological polar surface area (TPSA) is 65.4 Å². The molecule has 0 radical (unpaired) electrons. The van der Waals surface area contributed by atoms with Crippen molar-refractivity contribution in [3.8, 4) is 6.07 Å². The molecule has 2 aromatic rings. The first-order valence-corrected chi connectivity index (χ1v) is 7.77. The quantitative estimate of drug-likeness (QED) is 0.849. The molecule has 0 fully saturated rings. The van der Waals surface area contributed by atoms with Crippen LogP contribution in [0, 0.1) is 11.3 Å². The lowest BCUT2D eigenvalue weighted by molar-refractivity contribution is 0.153. The van der Waals surface area contributed by atoms with Crippen LogP contribution >= 0.6 is 0 Å². The van der Waals surface area contributed by atoms with Crippen molar-refractivity contribution < 1.29 is 9.53 Å². The van der Waals surface area contributed by atoms with Crippen molar-refractivity contribution in [2.24, 2.45) is 0 Å². The Morgan fingerprint density at radius 3 is 2.46 bits per heavy atom. The number of nitriles is 1. The van der Waals surface area contributed by atoms with Gasteiger partial charge in [0.15, 0.2) is 0 Å². The number of nitrogens with one attached hydrogen (secondary N) is 1. The first kappa shape index (κ1) is 17.5. The molecule has 0 aliphatic rings. The Kier molecular flexibility index (Phi) is 6.81. The van der Waals surface area contributed by atoms with Gasteiger partial charge in [-0.1, -0.05) is 42.5 Å². The molecule has 24 heavy (non-hydrogen) atoms. The second-order valence-corrected chi connectivity index (χ2v) is 5.36. The summed E-state index contributed by atoms with van der Waals surface area (Å²) in [5.41, 5.74) is 2.70. The van der Waals surface area contributed by atoms with E-state index in [0.29, 0.717) is 31.8 Å². The van der Waals surface area contributed by atoms with Crippen LogP contribution in [0.1, 0.15) is 11.1 Å². The minimum absolute atomic E-state index is 0.177. The number of anilines is 1. The van der Waals surface area contributed by atoms with Gasteiger partial charge in [-0.05, 0) is 23.3 Å². The number of ether oxygens (including phenoxy) is 1. The Hall–Kier alpha value is -2.84. The second-order valence-electron chi connectivity index (χ2n) is 5.36. The van der Waals surface area contributed by atoms with Crippen LogP contribution in [-0.4, -0.2) is 31.2 Å². The summed E-state index contributed by atoms with van der Waals surface area (Å²) >= 11 is 0. The van der Waals surface area contributed by atoms with Gasteiger partial charge in [0.05, 0.1) is 19.1 Å². The standard InChI is InChI=1S/C19H21N3O2/c1-24-14-13-22(15-17-5-3-2-4-6-17)19(23)21-18-9-7-16(8-10-18)11-12-20/h2-10H,11,13-15H2,1H3,(H,21,23). The lowest BCUT2D eigenvalue weighted by Crippen LogP contribution is -2.36. The van der Waals surface area contributed by atoms with E-state index in [2.05, 4.69) is 11.4 Å². The number of carbonyl (C=O) groups excluding carboxylic acids is 1. The van der Waals surface area contributed by atoms with Crippen LogP contribution in [0.25, 0.3) is 0 Å². The largest absolute Gasteiger partial charge is 0.383 e. The van der Waals surface area contributed by atoms with E-state index in [4.69, 9.17) is 10.00 Å². The fourth-order valence-electron chi connectivity index (χ4n) is 2.26. The molecule has 0 saturated heterocycles. The van der Waals surface area contributed by atoms with Crippen LogP contribution in [0.2, 0.25) is 0 Å². The lowest BCUT2D eigenvalue weighted by Gasteiger charge is -2.23. The Balaban J connectivity index is 2.02. The van der Waals surface area contributed by atoms with Crippen LogP contribution < -0.4 is 5.32 Å². The van der Waals surface area contributed by atoms with Crippen molar-refractivity contribution >= 4 is 11.7 Å². The Morgan fingerprint density at radius 1 is 1.12 bits per heavy atom. The molecule has 1 N–H and O–H groups in total. The monoisotopic (exact) mass is 323 g/mol. The summed E-state index contributed by atoms with van der Waals surface area (Å²) in [7, 11) is 1.62. The maximum absolute atomic E-state index is 12.5. The number of nitrogens with zero attached hydrogens (tertiary/aromatic N) is 2. The molecule has 2 aromatic carbocycles. The van der Waals surface area contributed by atoms with E-state index in [-0.39, 0.29) is 6.03 Å². The van der Waals surface area contributed by atoms with Crippen LogP contribution in [0.4, 0.5) is 10.5 Å². The van der Waals surface area contributed by atoms with Gasteiger partial charge in [0.2, 0.25) is 0 Å².